The van der Waals surface area contributed by atoms with Crippen LogP contribution in [0.1, 0.15) is 28.4 Å². The molecule has 4 aromatic rings. The highest BCUT2D eigenvalue weighted by atomic mass is 32.2. The van der Waals surface area contributed by atoms with Crippen LogP contribution in [0.2, 0.25) is 0 Å². The number of nitrogens with zero attached hydrogens (tertiary/aromatic N) is 1. The maximum absolute atomic E-state index is 12.9. The number of aromatic nitrogens is 1. The van der Waals surface area contributed by atoms with Crippen molar-refractivity contribution in [1.82, 2.24) is 4.57 Å². The lowest BCUT2D eigenvalue weighted by molar-refractivity contribution is -0.189. The Morgan fingerprint density at radius 2 is 1.58 bits per heavy atom. The fourth-order valence-corrected chi connectivity index (χ4v) is 5.07. The lowest BCUT2D eigenvalue weighted by Crippen LogP contribution is -2.28. The van der Waals surface area contributed by atoms with Gasteiger partial charge in [-0.1, -0.05) is 42.5 Å². The molecule has 3 aromatic carbocycles. The molecule has 0 aliphatic rings. The minimum absolute atomic E-state index is 0.0593. The van der Waals surface area contributed by atoms with Gasteiger partial charge in [-0.15, -0.1) is 0 Å². The van der Waals surface area contributed by atoms with Crippen LogP contribution in [0.4, 0.5) is 13.2 Å². The molecule has 0 bridgehead atoms. The zero-order valence-corrected chi connectivity index (χ0v) is 23.3. The zero-order valence-electron chi connectivity index (χ0n) is 22.5. The summed E-state index contributed by atoms with van der Waals surface area (Å²) in [4.78, 5) is 24.3. The second kappa shape index (κ2) is 12.1. The van der Waals surface area contributed by atoms with Crippen molar-refractivity contribution in [2.75, 3.05) is 6.61 Å². The molecule has 0 atom stereocenters. The lowest BCUT2D eigenvalue weighted by Gasteiger charge is -2.13. The number of rotatable bonds is 9. The molecule has 0 fully saturated rings. The van der Waals surface area contributed by atoms with Crippen molar-refractivity contribution in [3.8, 4) is 28.0 Å². The Bertz CT molecular complexity index is 1820. The molecule has 0 unspecified atom stereocenters. The van der Waals surface area contributed by atoms with Crippen LogP contribution >= 0.6 is 0 Å². The molecular formula is C29H25F3N4O6S. The van der Waals surface area contributed by atoms with Crippen LogP contribution in [-0.2, 0) is 26.1 Å². The van der Waals surface area contributed by atoms with Crippen LogP contribution in [-0.4, -0.2) is 43.5 Å². The maximum Gasteiger partial charge on any atom is 0.491 e. The highest BCUT2D eigenvalue weighted by molar-refractivity contribution is 7.89. The Labute approximate surface area is 244 Å². The van der Waals surface area contributed by atoms with E-state index in [1.54, 1.807) is 55.6 Å². The average Bonchev–Trinajstić information content (AvgIpc) is 3.37. The Hall–Kier alpha value is -4.95. The Morgan fingerprint density at radius 1 is 0.953 bits per heavy atom. The predicted molar refractivity (Wildman–Crippen MR) is 151 cm³/mol. The van der Waals surface area contributed by atoms with Gasteiger partial charge in [0.25, 0.3) is 0 Å². The molecule has 224 valence electrons. The van der Waals surface area contributed by atoms with Gasteiger partial charge in [-0.3, -0.25) is 5.41 Å². The molecule has 14 heteroatoms. The Balaban J connectivity index is 1.76. The van der Waals surface area contributed by atoms with Crippen molar-refractivity contribution in [2.24, 2.45) is 10.9 Å². The van der Waals surface area contributed by atoms with Crippen molar-refractivity contribution in [1.29, 1.82) is 5.41 Å². The molecule has 0 aliphatic carbocycles. The van der Waals surface area contributed by atoms with Gasteiger partial charge >= 0.3 is 18.1 Å². The van der Waals surface area contributed by atoms with Crippen molar-refractivity contribution in [2.45, 2.75) is 24.5 Å². The van der Waals surface area contributed by atoms with E-state index in [1.165, 1.54) is 29.0 Å². The first-order valence-electron chi connectivity index (χ1n) is 12.5. The summed E-state index contributed by atoms with van der Waals surface area (Å²) in [7, 11) is -4.00. The molecular weight excluding hydrogens is 589 g/mol. The van der Waals surface area contributed by atoms with Crippen molar-refractivity contribution >= 4 is 27.8 Å². The molecule has 0 saturated carbocycles. The molecule has 5 N–H and O–H groups in total. The average molecular weight is 615 g/mol. The standard InChI is InChI=1S/C29H25F3N4O6S/c1-2-41-27(37)23-16-36(14-20-13-19(26(33)34)11-12-24(20)42-28(38)29(30,31)32)15-22(23)18-9-7-17(8-10-18)21-5-3-4-6-25(21)43(35,39)40/h3-13,15-16H,2,14H2,1H3,(H3,33,34)(H2,35,39,40). The van der Waals surface area contributed by atoms with E-state index in [4.69, 9.17) is 21.0 Å². The van der Waals surface area contributed by atoms with Crippen molar-refractivity contribution in [3.05, 3.63) is 95.8 Å². The van der Waals surface area contributed by atoms with Gasteiger partial charge in [-0.05, 0) is 42.3 Å². The fourth-order valence-electron chi connectivity index (χ4n) is 4.31. The molecule has 0 spiro atoms. The van der Waals surface area contributed by atoms with Crippen LogP contribution < -0.4 is 15.6 Å². The number of carbonyl (C=O) groups excluding carboxylic acids is 2. The first kappa shape index (κ1) is 31.0. The summed E-state index contributed by atoms with van der Waals surface area (Å²) in [5.74, 6) is -3.85. The number of esters is 2. The molecule has 0 saturated heterocycles. The van der Waals surface area contributed by atoms with Crippen molar-refractivity contribution < 1.29 is 40.7 Å². The van der Waals surface area contributed by atoms with Crippen LogP contribution in [0.5, 0.6) is 5.75 Å². The molecule has 43 heavy (non-hydrogen) atoms. The van der Waals surface area contributed by atoms with E-state index in [9.17, 15) is 31.2 Å². The number of nitrogen functional groups attached to an aromatic ring is 1. The van der Waals surface area contributed by atoms with E-state index < -0.39 is 33.9 Å². The van der Waals surface area contributed by atoms with E-state index in [1.807, 2.05) is 0 Å². The molecule has 4 rings (SSSR count). The summed E-state index contributed by atoms with van der Waals surface area (Å²) in [6, 6.07) is 16.5. The number of carbonyl (C=O) groups is 2. The largest absolute Gasteiger partial charge is 0.491 e. The summed E-state index contributed by atoms with van der Waals surface area (Å²) >= 11 is 0. The Kier molecular flexibility index (Phi) is 8.73. The van der Waals surface area contributed by atoms with E-state index in [2.05, 4.69) is 4.74 Å². The Morgan fingerprint density at radius 3 is 2.16 bits per heavy atom. The molecule has 0 radical (unpaired) electrons. The van der Waals surface area contributed by atoms with Gasteiger partial charge < -0.3 is 19.8 Å². The van der Waals surface area contributed by atoms with Gasteiger partial charge in [0, 0.05) is 34.6 Å². The number of primary sulfonamides is 1. The van der Waals surface area contributed by atoms with E-state index in [0.29, 0.717) is 22.3 Å². The summed E-state index contributed by atoms with van der Waals surface area (Å²) in [5, 5.41) is 13.0. The number of hydrogen-bond acceptors (Lipinski definition) is 7. The third-order valence-corrected chi connectivity index (χ3v) is 7.20. The fraction of sp³-hybridized carbons (Fsp3) is 0.138. The third kappa shape index (κ3) is 7.10. The minimum atomic E-state index is -5.24. The predicted octanol–water partition coefficient (Wildman–Crippen LogP) is 4.45. The maximum atomic E-state index is 12.9. The number of halogens is 3. The van der Waals surface area contributed by atoms with Crippen LogP contribution in [0.15, 0.2) is 84.0 Å². The van der Waals surface area contributed by atoms with Gasteiger partial charge in [0.2, 0.25) is 10.0 Å². The van der Waals surface area contributed by atoms with Gasteiger partial charge in [-0.2, -0.15) is 13.2 Å². The first-order chi connectivity index (χ1) is 20.2. The SMILES string of the molecule is CCOC(=O)c1cn(Cc2cc(C(=N)N)ccc2OC(=O)C(F)(F)F)cc1-c1ccc(-c2ccccc2S(N)(=O)=O)cc1. The monoisotopic (exact) mass is 614 g/mol. The van der Waals surface area contributed by atoms with Gasteiger partial charge in [-0.25, -0.2) is 23.1 Å². The number of nitrogens with two attached hydrogens (primary N) is 2. The number of amidine groups is 1. The molecule has 10 nitrogen and oxygen atoms in total. The van der Waals surface area contributed by atoms with Crippen LogP contribution in [0, 0.1) is 5.41 Å². The van der Waals surface area contributed by atoms with Gasteiger partial charge in [0.05, 0.1) is 23.6 Å². The molecule has 0 amide bonds. The summed E-state index contributed by atoms with van der Waals surface area (Å²) in [5.41, 5.74) is 7.81. The number of alkyl halides is 3. The normalized spacial score (nSPS) is 11.7. The highest BCUT2D eigenvalue weighted by Crippen LogP contribution is 2.32. The van der Waals surface area contributed by atoms with Crippen LogP contribution in [0.3, 0.4) is 0 Å². The summed E-state index contributed by atoms with van der Waals surface area (Å²) in [6.45, 7) is 1.53. The first-order valence-corrected chi connectivity index (χ1v) is 14.1. The van der Waals surface area contributed by atoms with Crippen molar-refractivity contribution in [3.63, 3.8) is 0 Å². The molecule has 0 aliphatic heterocycles. The van der Waals surface area contributed by atoms with Gasteiger partial charge in [0.1, 0.15) is 11.6 Å². The smallest absolute Gasteiger partial charge is 0.462 e. The second-order valence-corrected chi connectivity index (χ2v) is 10.8. The molecule has 1 heterocycles. The topological polar surface area (TPSA) is 168 Å². The highest BCUT2D eigenvalue weighted by Gasteiger charge is 2.41. The second-order valence-electron chi connectivity index (χ2n) is 9.22. The van der Waals surface area contributed by atoms with E-state index in [0.717, 1.165) is 6.07 Å². The molecule has 1 aromatic heterocycles. The van der Waals surface area contributed by atoms with Gasteiger partial charge in [0.15, 0.2) is 0 Å². The van der Waals surface area contributed by atoms with E-state index in [-0.39, 0.29) is 40.6 Å². The number of nitrogens with one attached hydrogen (secondary N) is 1. The quantitative estimate of drug-likeness (QED) is 0.108. The number of hydrogen-bond donors (Lipinski definition) is 3. The minimum Gasteiger partial charge on any atom is -0.462 e. The zero-order chi connectivity index (χ0) is 31.5. The number of benzene rings is 3. The van der Waals surface area contributed by atoms with E-state index >= 15 is 0 Å². The van der Waals surface area contributed by atoms with Crippen LogP contribution in [0.25, 0.3) is 22.3 Å². The number of sulfonamides is 1. The summed E-state index contributed by atoms with van der Waals surface area (Å²) < 4.78 is 74.1. The third-order valence-electron chi connectivity index (χ3n) is 6.23. The lowest BCUT2D eigenvalue weighted by atomic mass is 10.00. The number of ether oxygens (including phenoxy) is 2. The summed E-state index contributed by atoms with van der Waals surface area (Å²) in [6.07, 6.45) is -2.27.